The molecule has 0 fully saturated rings. The first kappa shape index (κ1) is 24.9. The van der Waals surface area contributed by atoms with Crippen LogP contribution in [0.2, 0.25) is 0 Å². The van der Waals surface area contributed by atoms with Crippen LogP contribution >= 0.6 is 7.14 Å². The van der Waals surface area contributed by atoms with E-state index in [4.69, 9.17) is 4.74 Å². The second-order valence-electron chi connectivity index (χ2n) is 10.8. The molecular weight excluding hydrogens is 531 g/mol. The average Bonchev–Trinajstić information content (AvgIpc) is 3.07. The van der Waals surface area contributed by atoms with Gasteiger partial charge in [0.1, 0.15) is 5.75 Å². The molecule has 2 nitrogen and oxygen atoms in total. The van der Waals surface area contributed by atoms with E-state index in [0.717, 1.165) is 37.8 Å². The summed E-state index contributed by atoms with van der Waals surface area (Å²) < 4.78 is 20.6. The highest BCUT2D eigenvalue weighted by molar-refractivity contribution is 7.85. The molecule has 0 N–H and O–H groups in total. The van der Waals surface area contributed by atoms with Gasteiger partial charge >= 0.3 is 0 Å². The van der Waals surface area contributed by atoms with Crippen molar-refractivity contribution >= 4 is 76.9 Å². The lowest BCUT2D eigenvalue weighted by Crippen LogP contribution is -2.24. The third-order valence-corrected chi connectivity index (χ3v) is 11.6. The first-order valence-electron chi connectivity index (χ1n) is 14.2. The van der Waals surface area contributed by atoms with Crippen LogP contribution in [-0.2, 0) is 4.57 Å². The standard InChI is InChI=1S/C39H27O2P/c1-41-31-20-22-35-29(24-31)18-16-26-12-14-28-15-13-27-17-19-30-25-34(21-23-36(30)38(27)39(28)37(26)35)42(40,32-8-4-2-5-9-32)33-10-6-3-7-11-33/h2-25H,1H3. The molecule has 0 heterocycles. The third kappa shape index (κ3) is 3.69. The van der Waals surface area contributed by atoms with Crippen molar-refractivity contribution < 1.29 is 9.30 Å². The largest absolute Gasteiger partial charge is 0.497 e. The first-order valence-corrected chi connectivity index (χ1v) is 15.9. The first-order chi connectivity index (χ1) is 20.6. The number of rotatable bonds is 4. The molecule has 0 aliphatic rings. The summed E-state index contributed by atoms with van der Waals surface area (Å²) >= 11 is 0. The second-order valence-corrected chi connectivity index (χ2v) is 13.6. The van der Waals surface area contributed by atoms with Gasteiger partial charge in [0.25, 0.3) is 0 Å². The number of fused-ring (bicyclic) bond motifs is 9. The summed E-state index contributed by atoms with van der Waals surface area (Å²) in [6.45, 7) is 0. The zero-order chi connectivity index (χ0) is 28.3. The highest BCUT2D eigenvalue weighted by Gasteiger charge is 2.29. The van der Waals surface area contributed by atoms with Gasteiger partial charge in [0, 0.05) is 15.9 Å². The average molecular weight is 559 g/mol. The van der Waals surface area contributed by atoms with Crippen molar-refractivity contribution in [2.75, 3.05) is 7.11 Å². The molecule has 8 aromatic rings. The molecule has 0 bridgehead atoms. The Labute approximate surface area is 244 Å². The van der Waals surface area contributed by atoms with Crippen molar-refractivity contribution in [3.8, 4) is 5.75 Å². The minimum atomic E-state index is -3.08. The van der Waals surface area contributed by atoms with Gasteiger partial charge in [-0.1, -0.05) is 127 Å². The Balaban J connectivity index is 1.46. The summed E-state index contributed by atoms with van der Waals surface area (Å²) in [6.07, 6.45) is 0. The summed E-state index contributed by atoms with van der Waals surface area (Å²) in [5, 5.41) is 14.4. The molecule has 0 aliphatic heterocycles. The predicted octanol–water partition coefficient (Wildman–Crippen LogP) is 9.10. The van der Waals surface area contributed by atoms with Crippen molar-refractivity contribution in [3.05, 3.63) is 146 Å². The van der Waals surface area contributed by atoms with E-state index >= 15 is 4.57 Å². The van der Waals surface area contributed by atoms with Gasteiger partial charge in [-0.25, -0.2) is 0 Å². The summed E-state index contributed by atoms with van der Waals surface area (Å²) in [4.78, 5) is 0. The topological polar surface area (TPSA) is 26.3 Å². The fraction of sp³-hybridized carbons (Fsp3) is 0.0256. The fourth-order valence-electron chi connectivity index (χ4n) is 6.54. The Morgan fingerprint density at radius 2 is 0.881 bits per heavy atom. The number of hydrogen-bond donors (Lipinski definition) is 0. The summed E-state index contributed by atoms with van der Waals surface area (Å²) in [5.41, 5.74) is 0. The molecule has 0 aromatic heterocycles. The smallest absolute Gasteiger partial charge is 0.171 e. The molecule has 0 radical (unpaired) electrons. The Bertz CT molecular complexity index is 2310. The Kier molecular flexibility index (Phi) is 5.67. The van der Waals surface area contributed by atoms with Crippen LogP contribution in [0.1, 0.15) is 0 Å². The zero-order valence-electron chi connectivity index (χ0n) is 23.1. The van der Waals surface area contributed by atoms with Gasteiger partial charge in [-0.2, -0.15) is 0 Å². The molecule has 0 saturated carbocycles. The van der Waals surface area contributed by atoms with Crippen LogP contribution in [0.4, 0.5) is 0 Å². The number of methoxy groups -OCH3 is 1. The fourth-order valence-corrected chi connectivity index (χ4v) is 9.22. The number of ether oxygens (including phenoxy) is 1. The highest BCUT2D eigenvalue weighted by Crippen LogP contribution is 2.44. The predicted molar refractivity (Wildman–Crippen MR) is 180 cm³/mol. The van der Waals surface area contributed by atoms with E-state index < -0.39 is 7.14 Å². The zero-order valence-corrected chi connectivity index (χ0v) is 24.0. The molecule has 3 heteroatoms. The number of hydrogen-bond acceptors (Lipinski definition) is 2. The van der Waals surface area contributed by atoms with Gasteiger partial charge < -0.3 is 9.30 Å². The molecule has 200 valence electrons. The van der Waals surface area contributed by atoms with Gasteiger partial charge in [-0.3, -0.25) is 0 Å². The van der Waals surface area contributed by atoms with Crippen LogP contribution < -0.4 is 20.7 Å². The molecule has 0 aliphatic carbocycles. The lowest BCUT2D eigenvalue weighted by molar-refractivity contribution is 0.415. The van der Waals surface area contributed by atoms with E-state index in [1.165, 1.54) is 37.7 Å². The summed E-state index contributed by atoms with van der Waals surface area (Å²) in [6, 6.07) is 50.1. The van der Waals surface area contributed by atoms with Crippen molar-refractivity contribution in [2.45, 2.75) is 0 Å². The summed E-state index contributed by atoms with van der Waals surface area (Å²) in [7, 11) is -1.37. The minimum absolute atomic E-state index is 0.842. The molecule has 8 rings (SSSR count). The SMILES string of the molecule is COc1ccc2c(ccc3ccc4ccc5ccc6cc(P(=O)(c7ccccc7)c7ccccc7)ccc6c5c4c32)c1. The Hall–Kier alpha value is -4.91. The maximum absolute atomic E-state index is 15.1. The van der Waals surface area contributed by atoms with Gasteiger partial charge in [-0.15, -0.1) is 0 Å². The van der Waals surface area contributed by atoms with Gasteiger partial charge in [0.2, 0.25) is 0 Å². The molecular formula is C39H27O2P. The Morgan fingerprint density at radius 3 is 1.40 bits per heavy atom. The molecule has 8 aromatic carbocycles. The molecule has 42 heavy (non-hydrogen) atoms. The van der Waals surface area contributed by atoms with Gasteiger partial charge in [-0.05, 0) is 72.1 Å². The van der Waals surface area contributed by atoms with Gasteiger partial charge in [0.05, 0.1) is 7.11 Å². The molecule has 0 saturated heterocycles. The van der Waals surface area contributed by atoms with Crippen LogP contribution in [0.25, 0.3) is 53.9 Å². The van der Waals surface area contributed by atoms with Crippen LogP contribution in [0, 0.1) is 0 Å². The van der Waals surface area contributed by atoms with E-state index in [1.54, 1.807) is 7.11 Å². The van der Waals surface area contributed by atoms with E-state index in [2.05, 4.69) is 78.9 Å². The minimum Gasteiger partial charge on any atom is -0.497 e. The van der Waals surface area contributed by atoms with Crippen LogP contribution in [0.5, 0.6) is 5.75 Å². The summed E-state index contributed by atoms with van der Waals surface area (Å²) in [5.74, 6) is 0.853. The van der Waals surface area contributed by atoms with Crippen molar-refractivity contribution in [3.63, 3.8) is 0 Å². The lowest BCUT2D eigenvalue weighted by atomic mass is 9.90. The second kappa shape index (κ2) is 9.58. The van der Waals surface area contributed by atoms with Crippen molar-refractivity contribution in [2.24, 2.45) is 0 Å². The number of benzene rings is 8. The van der Waals surface area contributed by atoms with Crippen molar-refractivity contribution in [1.82, 2.24) is 0 Å². The molecule has 0 atom stereocenters. The normalized spacial score (nSPS) is 12.0. The molecule has 0 amide bonds. The molecule has 0 spiro atoms. The Morgan fingerprint density at radius 1 is 0.429 bits per heavy atom. The lowest BCUT2D eigenvalue weighted by Gasteiger charge is -2.21. The molecule has 0 unspecified atom stereocenters. The van der Waals surface area contributed by atoms with Crippen LogP contribution in [0.3, 0.4) is 0 Å². The van der Waals surface area contributed by atoms with E-state index in [1.807, 2.05) is 66.7 Å². The van der Waals surface area contributed by atoms with E-state index in [9.17, 15) is 0 Å². The monoisotopic (exact) mass is 558 g/mol. The third-order valence-electron chi connectivity index (χ3n) is 8.57. The van der Waals surface area contributed by atoms with Crippen LogP contribution in [-0.4, -0.2) is 7.11 Å². The maximum atomic E-state index is 15.1. The maximum Gasteiger partial charge on any atom is 0.171 e. The van der Waals surface area contributed by atoms with Crippen molar-refractivity contribution in [1.29, 1.82) is 0 Å². The van der Waals surface area contributed by atoms with Crippen LogP contribution in [0.15, 0.2) is 146 Å². The van der Waals surface area contributed by atoms with Gasteiger partial charge in [0.15, 0.2) is 7.14 Å². The van der Waals surface area contributed by atoms with E-state index in [0.29, 0.717) is 0 Å². The van der Waals surface area contributed by atoms with E-state index in [-0.39, 0.29) is 0 Å². The quantitative estimate of drug-likeness (QED) is 0.159. The highest BCUT2D eigenvalue weighted by atomic mass is 31.2.